The monoisotopic (exact) mass is 254 g/mol. The van der Waals surface area contributed by atoms with Crippen LogP contribution in [0, 0.1) is 17.0 Å². The van der Waals surface area contributed by atoms with Crippen molar-refractivity contribution in [3.8, 4) is 0 Å². The van der Waals surface area contributed by atoms with E-state index in [2.05, 4.69) is 17.0 Å². The van der Waals surface area contributed by atoms with E-state index >= 15 is 0 Å². The van der Waals surface area contributed by atoms with Gasteiger partial charge in [0.05, 0.1) is 4.92 Å². The molecule has 0 aliphatic carbocycles. The second-order valence-corrected chi connectivity index (χ2v) is 4.76. The molecule has 0 aromatic heterocycles. The van der Waals surface area contributed by atoms with E-state index in [0.717, 1.165) is 24.3 Å². The lowest BCUT2D eigenvalue weighted by molar-refractivity contribution is -0.385. The number of fused-ring (bicyclic) bond motifs is 1. The molecule has 0 bridgehead atoms. The number of nitro groups is 1. The summed E-state index contributed by atoms with van der Waals surface area (Å²) in [5.74, 6) is 0. The van der Waals surface area contributed by atoms with Gasteiger partial charge in [0.25, 0.3) is 5.69 Å². The summed E-state index contributed by atoms with van der Waals surface area (Å²) < 4.78 is 0. The average Bonchev–Trinajstić information content (AvgIpc) is 2.83. The Morgan fingerprint density at radius 1 is 1.21 bits per heavy atom. The highest BCUT2D eigenvalue weighted by atomic mass is 16.6. The van der Waals surface area contributed by atoms with Crippen LogP contribution in [0.25, 0.3) is 0 Å². The number of anilines is 2. The molecule has 96 valence electrons. The molecular formula is C15H14N2O2. The number of nitrogens with zero attached hydrogens (tertiary/aromatic N) is 2. The molecule has 4 nitrogen and oxygen atoms in total. The largest absolute Gasteiger partial charge is 0.341 e. The van der Waals surface area contributed by atoms with Crippen molar-refractivity contribution in [2.45, 2.75) is 13.3 Å². The molecule has 2 aromatic carbocycles. The summed E-state index contributed by atoms with van der Waals surface area (Å²) in [6.07, 6.45) is 0.984. The van der Waals surface area contributed by atoms with Gasteiger partial charge in [-0.3, -0.25) is 10.1 Å². The van der Waals surface area contributed by atoms with Gasteiger partial charge in [0.15, 0.2) is 0 Å². The highest BCUT2D eigenvalue weighted by molar-refractivity contribution is 5.71. The zero-order valence-electron chi connectivity index (χ0n) is 10.7. The third-order valence-electron chi connectivity index (χ3n) is 3.59. The first-order valence-electron chi connectivity index (χ1n) is 6.27. The van der Waals surface area contributed by atoms with E-state index in [1.807, 2.05) is 24.3 Å². The third-order valence-corrected chi connectivity index (χ3v) is 3.59. The number of hydrogen-bond acceptors (Lipinski definition) is 3. The average molecular weight is 254 g/mol. The molecule has 3 rings (SSSR count). The normalized spacial score (nSPS) is 13.4. The second kappa shape index (κ2) is 4.39. The molecule has 0 spiro atoms. The first-order valence-corrected chi connectivity index (χ1v) is 6.27. The van der Waals surface area contributed by atoms with E-state index in [9.17, 15) is 10.1 Å². The van der Waals surface area contributed by atoms with Gasteiger partial charge in [-0.1, -0.05) is 24.3 Å². The van der Waals surface area contributed by atoms with Crippen LogP contribution in [0.15, 0.2) is 42.5 Å². The van der Waals surface area contributed by atoms with E-state index in [1.165, 1.54) is 5.56 Å². The van der Waals surface area contributed by atoms with E-state index in [1.54, 1.807) is 13.0 Å². The minimum absolute atomic E-state index is 0.182. The van der Waals surface area contributed by atoms with E-state index in [-0.39, 0.29) is 10.6 Å². The van der Waals surface area contributed by atoms with Gasteiger partial charge in [-0.05, 0) is 31.0 Å². The van der Waals surface area contributed by atoms with Crippen LogP contribution in [0.1, 0.15) is 11.1 Å². The summed E-state index contributed by atoms with van der Waals surface area (Å²) >= 11 is 0. The molecule has 0 atom stereocenters. The van der Waals surface area contributed by atoms with Crippen LogP contribution in [-0.2, 0) is 6.42 Å². The van der Waals surface area contributed by atoms with Gasteiger partial charge >= 0.3 is 0 Å². The predicted octanol–water partition coefficient (Wildman–Crippen LogP) is 3.60. The zero-order chi connectivity index (χ0) is 13.4. The standard InChI is InChI=1S/C15H14N2O2/c1-11-6-7-13(10-15(11)17(18)19)16-9-8-12-4-2-3-5-14(12)16/h2-7,10H,8-9H2,1H3. The van der Waals surface area contributed by atoms with Crippen molar-refractivity contribution in [2.75, 3.05) is 11.4 Å². The zero-order valence-corrected chi connectivity index (χ0v) is 10.7. The van der Waals surface area contributed by atoms with Gasteiger partial charge in [0, 0.05) is 29.5 Å². The SMILES string of the molecule is Cc1ccc(N2CCc3ccccc32)cc1[N+](=O)[O-]. The Bertz CT molecular complexity index is 652. The highest BCUT2D eigenvalue weighted by Gasteiger charge is 2.22. The Balaban J connectivity index is 2.05. The number of hydrogen-bond donors (Lipinski definition) is 0. The van der Waals surface area contributed by atoms with Crippen molar-refractivity contribution in [2.24, 2.45) is 0 Å². The highest BCUT2D eigenvalue weighted by Crippen LogP contribution is 2.36. The maximum Gasteiger partial charge on any atom is 0.274 e. The number of benzene rings is 2. The van der Waals surface area contributed by atoms with Crippen molar-refractivity contribution >= 4 is 17.1 Å². The fourth-order valence-electron chi connectivity index (χ4n) is 2.57. The molecule has 2 aromatic rings. The molecule has 0 amide bonds. The fraction of sp³-hybridized carbons (Fsp3) is 0.200. The molecule has 0 saturated carbocycles. The molecule has 0 fully saturated rings. The predicted molar refractivity (Wildman–Crippen MR) is 75.0 cm³/mol. The van der Waals surface area contributed by atoms with Gasteiger partial charge in [-0.2, -0.15) is 0 Å². The van der Waals surface area contributed by atoms with E-state index < -0.39 is 0 Å². The Morgan fingerprint density at radius 3 is 2.79 bits per heavy atom. The summed E-state index contributed by atoms with van der Waals surface area (Å²) in [5, 5.41) is 11.0. The second-order valence-electron chi connectivity index (χ2n) is 4.76. The van der Waals surface area contributed by atoms with Crippen LogP contribution in [0.2, 0.25) is 0 Å². The lowest BCUT2D eigenvalue weighted by atomic mass is 10.1. The summed E-state index contributed by atoms with van der Waals surface area (Å²) in [7, 11) is 0. The van der Waals surface area contributed by atoms with E-state index in [4.69, 9.17) is 0 Å². The van der Waals surface area contributed by atoms with Crippen molar-refractivity contribution in [3.63, 3.8) is 0 Å². The van der Waals surface area contributed by atoms with Crippen LogP contribution in [0.5, 0.6) is 0 Å². The Hall–Kier alpha value is -2.36. The van der Waals surface area contributed by atoms with Crippen molar-refractivity contribution in [1.29, 1.82) is 0 Å². The van der Waals surface area contributed by atoms with Crippen LogP contribution in [0.4, 0.5) is 17.1 Å². The topological polar surface area (TPSA) is 46.4 Å². The molecule has 19 heavy (non-hydrogen) atoms. The molecule has 0 unspecified atom stereocenters. The summed E-state index contributed by atoms with van der Waals surface area (Å²) in [6, 6.07) is 13.6. The minimum Gasteiger partial charge on any atom is -0.341 e. The van der Waals surface area contributed by atoms with Crippen LogP contribution >= 0.6 is 0 Å². The smallest absolute Gasteiger partial charge is 0.274 e. The third kappa shape index (κ3) is 1.95. The number of nitro benzene ring substituents is 1. The van der Waals surface area contributed by atoms with Gasteiger partial charge < -0.3 is 4.90 Å². The van der Waals surface area contributed by atoms with Crippen molar-refractivity contribution in [3.05, 3.63) is 63.7 Å². The minimum atomic E-state index is -0.319. The van der Waals surface area contributed by atoms with Gasteiger partial charge in [-0.25, -0.2) is 0 Å². The Kier molecular flexibility index (Phi) is 2.71. The lowest BCUT2D eigenvalue weighted by Crippen LogP contribution is -2.13. The molecule has 0 N–H and O–H groups in total. The molecule has 1 aliphatic heterocycles. The van der Waals surface area contributed by atoms with Gasteiger partial charge in [0.1, 0.15) is 0 Å². The number of aryl methyl sites for hydroxylation is 1. The first-order chi connectivity index (χ1) is 9.16. The first kappa shape index (κ1) is 11.7. The van der Waals surface area contributed by atoms with Gasteiger partial charge in [-0.15, -0.1) is 0 Å². The Labute approximate surface area is 111 Å². The molecule has 1 heterocycles. The maximum atomic E-state index is 11.0. The summed E-state index contributed by atoms with van der Waals surface area (Å²) in [5.41, 5.74) is 4.22. The summed E-state index contributed by atoms with van der Waals surface area (Å²) in [6.45, 7) is 2.64. The molecule has 0 saturated heterocycles. The Morgan fingerprint density at radius 2 is 2.00 bits per heavy atom. The van der Waals surface area contributed by atoms with Crippen LogP contribution in [-0.4, -0.2) is 11.5 Å². The molecular weight excluding hydrogens is 240 g/mol. The quantitative estimate of drug-likeness (QED) is 0.607. The number of para-hydroxylation sites is 1. The van der Waals surface area contributed by atoms with Crippen molar-refractivity contribution in [1.82, 2.24) is 0 Å². The van der Waals surface area contributed by atoms with Gasteiger partial charge in [0.2, 0.25) is 0 Å². The molecule has 1 aliphatic rings. The fourth-order valence-corrected chi connectivity index (χ4v) is 2.57. The van der Waals surface area contributed by atoms with Crippen LogP contribution < -0.4 is 4.90 Å². The molecule has 4 heteroatoms. The van der Waals surface area contributed by atoms with Crippen LogP contribution in [0.3, 0.4) is 0 Å². The summed E-state index contributed by atoms with van der Waals surface area (Å²) in [4.78, 5) is 12.8. The van der Waals surface area contributed by atoms with E-state index in [0.29, 0.717) is 5.56 Å². The molecule has 0 radical (unpaired) electrons. The maximum absolute atomic E-state index is 11.0. The number of rotatable bonds is 2. The van der Waals surface area contributed by atoms with Crippen molar-refractivity contribution < 1.29 is 4.92 Å². The lowest BCUT2D eigenvalue weighted by Gasteiger charge is -2.19.